The predicted molar refractivity (Wildman–Crippen MR) is 70.7 cm³/mol. The molecule has 2 aromatic rings. The number of hydrogen-bond acceptors (Lipinski definition) is 6. The van der Waals surface area contributed by atoms with Gasteiger partial charge in [-0.1, -0.05) is 11.8 Å². The van der Waals surface area contributed by atoms with Crippen molar-refractivity contribution in [2.24, 2.45) is 7.05 Å². The molecule has 2 heterocycles. The Balaban J connectivity index is 2.01. The minimum atomic E-state index is -0.262. The third-order valence-corrected chi connectivity index (χ3v) is 3.26. The molecule has 0 spiro atoms. The van der Waals surface area contributed by atoms with Gasteiger partial charge in [-0.3, -0.25) is 4.79 Å². The van der Waals surface area contributed by atoms with Crippen LogP contribution in [0, 0.1) is 0 Å². The highest BCUT2D eigenvalue weighted by molar-refractivity contribution is 7.99. The number of thioether (sulfide) groups is 1. The number of esters is 1. The van der Waals surface area contributed by atoms with Gasteiger partial charge < -0.3 is 13.7 Å². The lowest BCUT2D eigenvalue weighted by atomic mass is 10.4. The van der Waals surface area contributed by atoms with E-state index in [1.54, 1.807) is 16.9 Å². The Kier molecular flexibility index (Phi) is 4.26. The molecule has 0 N–H and O–H groups in total. The Morgan fingerprint density at radius 3 is 2.95 bits per heavy atom. The van der Waals surface area contributed by atoms with Gasteiger partial charge in [-0.05, 0) is 26.0 Å². The molecule has 0 radical (unpaired) electrons. The lowest BCUT2D eigenvalue weighted by Gasteiger charge is -2.07. The van der Waals surface area contributed by atoms with E-state index in [2.05, 4.69) is 10.2 Å². The molecule has 2 aromatic heterocycles. The summed E-state index contributed by atoms with van der Waals surface area (Å²) in [6.07, 6.45) is 1.47. The molecule has 0 aliphatic rings. The third kappa shape index (κ3) is 3.37. The zero-order chi connectivity index (χ0) is 13.8. The molecular weight excluding hydrogens is 266 g/mol. The van der Waals surface area contributed by atoms with Crippen molar-refractivity contribution in [3.05, 3.63) is 18.4 Å². The summed E-state index contributed by atoms with van der Waals surface area (Å²) in [5.41, 5.74) is 0. The smallest absolute Gasteiger partial charge is 0.316 e. The molecule has 0 saturated carbocycles. The summed E-state index contributed by atoms with van der Waals surface area (Å²) in [5.74, 6) is 1.22. The maximum absolute atomic E-state index is 11.5. The van der Waals surface area contributed by atoms with Gasteiger partial charge in [-0.15, -0.1) is 10.2 Å². The van der Waals surface area contributed by atoms with Crippen molar-refractivity contribution < 1.29 is 13.9 Å². The number of furan rings is 1. The molecule has 0 bridgehead atoms. The van der Waals surface area contributed by atoms with Crippen molar-refractivity contribution in [2.45, 2.75) is 25.1 Å². The van der Waals surface area contributed by atoms with Gasteiger partial charge in [0.05, 0.1) is 18.1 Å². The van der Waals surface area contributed by atoms with Crippen LogP contribution in [0.4, 0.5) is 0 Å². The van der Waals surface area contributed by atoms with E-state index in [1.807, 2.05) is 27.0 Å². The Labute approximate surface area is 115 Å². The van der Waals surface area contributed by atoms with Crippen LogP contribution in [0.2, 0.25) is 0 Å². The normalized spacial score (nSPS) is 10.9. The fourth-order valence-corrected chi connectivity index (χ4v) is 2.18. The zero-order valence-corrected chi connectivity index (χ0v) is 11.8. The molecule has 0 aliphatic heterocycles. The van der Waals surface area contributed by atoms with E-state index < -0.39 is 0 Å². The van der Waals surface area contributed by atoms with Crippen LogP contribution < -0.4 is 0 Å². The lowest BCUT2D eigenvalue weighted by Crippen LogP contribution is -2.13. The molecule has 0 saturated heterocycles. The summed E-state index contributed by atoms with van der Waals surface area (Å²) in [6.45, 7) is 3.64. The van der Waals surface area contributed by atoms with Crippen molar-refractivity contribution in [2.75, 3.05) is 5.75 Å². The Hall–Kier alpha value is -1.76. The monoisotopic (exact) mass is 281 g/mol. The molecule has 6 nitrogen and oxygen atoms in total. The van der Waals surface area contributed by atoms with Crippen LogP contribution in [0.1, 0.15) is 13.8 Å². The summed E-state index contributed by atoms with van der Waals surface area (Å²) >= 11 is 1.29. The first-order chi connectivity index (χ1) is 9.08. The number of nitrogens with zero attached hydrogens (tertiary/aromatic N) is 3. The first-order valence-electron chi connectivity index (χ1n) is 5.83. The highest BCUT2D eigenvalue weighted by Gasteiger charge is 2.15. The maximum Gasteiger partial charge on any atom is 0.316 e. The number of ether oxygens (including phenoxy) is 1. The van der Waals surface area contributed by atoms with Crippen LogP contribution in [0.15, 0.2) is 28.0 Å². The second kappa shape index (κ2) is 5.92. The van der Waals surface area contributed by atoms with E-state index in [1.165, 1.54) is 11.8 Å². The molecule has 2 rings (SSSR count). The lowest BCUT2D eigenvalue weighted by molar-refractivity contribution is -0.144. The van der Waals surface area contributed by atoms with E-state index in [4.69, 9.17) is 9.15 Å². The van der Waals surface area contributed by atoms with Gasteiger partial charge in [0.25, 0.3) is 0 Å². The first kappa shape index (κ1) is 13.7. The molecule has 0 unspecified atom stereocenters. The highest BCUT2D eigenvalue weighted by atomic mass is 32.2. The summed E-state index contributed by atoms with van der Waals surface area (Å²) in [7, 11) is 1.83. The Morgan fingerprint density at radius 2 is 2.32 bits per heavy atom. The first-order valence-corrected chi connectivity index (χ1v) is 6.82. The van der Waals surface area contributed by atoms with Crippen molar-refractivity contribution >= 4 is 17.7 Å². The van der Waals surface area contributed by atoms with Gasteiger partial charge in [0.1, 0.15) is 0 Å². The minimum absolute atomic E-state index is 0.105. The van der Waals surface area contributed by atoms with Crippen LogP contribution in [-0.2, 0) is 16.6 Å². The van der Waals surface area contributed by atoms with Crippen molar-refractivity contribution in [1.82, 2.24) is 14.8 Å². The van der Waals surface area contributed by atoms with Gasteiger partial charge in [0.2, 0.25) is 0 Å². The maximum atomic E-state index is 11.5. The SMILES string of the molecule is CC(C)OC(=O)CSc1nnc(-c2ccco2)n1C. The van der Waals surface area contributed by atoms with Crippen molar-refractivity contribution in [3.63, 3.8) is 0 Å². The van der Waals surface area contributed by atoms with E-state index in [0.29, 0.717) is 16.7 Å². The largest absolute Gasteiger partial charge is 0.462 e. The highest BCUT2D eigenvalue weighted by Crippen LogP contribution is 2.22. The number of hydrogen-bond donors (Lipinski definition) is 0. The van der Waals surface area contributed by atoms with Gasteiger partial charge in [0.15, 0.2) is 16.7 Å². The number of aromatic nitrogens is 3. The van der Waals surface area contributed by atoms with E-state index in [9.17, 15) is 4.79 Å². The zero-order valence-electron chi connectivity index (χ0n) is 11.0. The van der Waals surface area contributed by atoms with E-state index in [0.717, 1.165) is 0 Å². The molecule has 0 fully saturated rings. The second-order valence-electron chi connectivity index (χ2n) is 4.17. The summed E-state index contributed by atoms with van der Waals surface area (Å²) in [5, 5.41) is 8.72. The average molecular weight is 281 g/mol. The fraction of sp³-hybridized carbons (Fsp3) is 0.417. The standard InChI is InChI=1S/C12H15N3O3S/c1-8(2)18-10(16)7-19-12-14-13-11(15(12)3)9-5-4-6-17-9/h4-6,8H,7H2,1-3H3. The fourth-order valence-electron chi connectivity index (χ4n) is 1.48. The summed E-state index contributed by atoms with van der Waals surface area (Å²) in [4.78, 5) is 11.5. The van der Waals surface area contributed by atoms with Gasteiger partial charge >= 0.3 is 5.97 Å². The van der Waals surface area contributed by atoms with Crippen molar-refractivity contribution in [3.8, 4) is 11.6 Å². The molecule has 7 heteroatoms. The molecular formula is C12H15N3O3S. The van der Waals surface area contributed by atoms with Crippen LogP contribution in [0.5, 0.6) is 0 Å². The molecule has 0 amide bonds. The van der Waals surface area contributed by atoms with Crippen LogP contribution in [0.3, 0.4) is 0 Å². The Bertz CT molecular complexity index is 549. The van der Waals surface area contributed by atoms with Crippen LogP contribution in [0.25, 0.3) is 11.6 Å². The molecule has 0 aromatic carbocycles. The number of carbonyl (C=O) groups excluding carboxylic acids is 1. The quantitative estimate of drug-likeness (QED) is 0.617. The molecule has 19 heavy (non-hydrogen) atoms. The van der Waals surface area contributed by atoms with Crippen molar-refractivity contribution in [1.29, 1.82) is 0 Å². The predicted octanol–water partition coefficient (Wildman–Crippen LogP) is 2.12. The van der Waals surface area contributed by atoms with Gasteiger partial charge in [-0.25, -0.2) is 0 Å². The minimum Gasteiger partial charge on any atom is -0.462 e. The third-order valence-electron chi connectivity index (χ3n) is 2.26. The second-order valence-corrected chi connectivity index (χ2v) is 5.11. The summed E-state index contributed by atoms with van der Waals surface area (Å²) < 4.78 is 12.1. The Morgan fingerprint density at radius 1 is 1.53 bits per heavy atom. The van der Waals surface area contributed by atoms with Crippen LogP contribution in [-0.4, -0.2) is 32.6 Å². The number of carbonyl (C=O) groups is 1. The van der Waals surface area contributed by atoms with Gasteiger partial charge in [0, 0.05) is 7.05 Å². The number of rotatable bonds is 5. The van der Waals surface area contributed by atoms with Gasteiger partial charge in [-0.2, -0.15) is 0 Å². The van der Waals surface area contributed by atoms with E-state index >= 15 is 0 Å². The topological polar surface area (TPSA) is 70.2 Å². The summed E-state index contributed by atoms with van der Waals surface area (Å²) in [6, 6.07) is 3.60. The molecule has 0 atom stereocenters. The molecule has 0 aliphatic carbocycles. The van der Waals surface area contributed by atoms with E-state index in [-0.39, 0.29) is 17.8 Å². The molecule has 102 valence electrons. The average Bonchev–Trinajstić information content (AvgIpc) is 2.95. The van der Waals surface area contributed by atoms with Crippen LogP contribution >= 0.6 is 11.8 Å².